The van der Waals surface area contributed by atoms with Crippen LogP contribution in [0.4, 0.5) is 4.39 Å². The van der Waals surface area contributed by atoms with E-state index < -0.39 is 17.7 Å². The SMILES string of the molecule is CCN(CCC(=O)OC)C(=O)c1cc(Cl)ccc1F. The van der Waals surface area contributed by atoms with E-state index in [0.29, 0.717) is 6.54 Å². The Morgan fingerprint density at radius 2 is 2.11 bits per heavy atom. The van der Waals surface area contributed by atoms with Gasteiger partial charge in [0.2, 0.25) is 0 Å². The molecule has 0 aliphatic rings. The van der Waals surface area contributed by atoms with Gasteiger partial charge in [-0.05, 0) is 25.1 Å². The summed E-state index contributed by atoms with van der Waals surface area (Å²) in [6.45, 7) is 2.29. The summed E-state index contributed by atoms with van der Waals surface area (Å²) in [5.74, 6) is -1.55. The van der Waals surface area contributed by atoms with E-state index >= 15 is 0 Å². The minimum Gasteiger partial charge on any atom is -0.469 e. The summed E-state index contributed by atoms with van der Waals surface area (Å²) < 4.78 is 18.1. The van der Waals surface area contributed by atoms with Crippen molar-refractivity contribution in [1.82, 2.24) is 4.90 Å². The minimum atomic E-state index is -0.633. The van der Waals surface area contributed by atoms with Crippen LogP contribution < -0.4 is 0 Å². The van der Waals surface area contributed by atoms with Crippen molar-refractivity contribution in [2.75, 3.05) is 20.2 Å². The van der Waals surface area contributed by atoms with E-state index in [1.54, 1.807) is 6.92 Å². The maximum Gasteiger partial charge on any atom is 0.307 e. The Morgan fingerprint density at radius 3 is 2.68 bits per heavy atom. The molecule has 104 valence electrons. The van der Waals surface area contributed by atoms with Crippen LogP contribution in [0.15, 0.2) is 18.2 Å². The van der Waals surface area contributed by atoms with Gasteiger partial charge in [0, 0.05) is 18.1 Å². The predicted molar refractivity (Wildman–Crippen MR) is 69.6 cm³/mol. The molecule has 4 nitrogen and oxygen atoms in total. The first kappa shape index (κ1) is 15.4. The zero-order valence-electron chi connectivity index (χ0n) is 10.8. The van der Waals surface area contributed by atoms with Crippen molar-refractivity contribution in [3.8, 4) is 0 Å². The Kier molecular flexibility index (Phi) is 5.76. The average molecular weight is 288 g/mol. The van der Waals surface area contributed by atoms with Gasteiger partial charge in [0.15, 0.2) is 0 Å². The third-order valence-electron chi connectivity index (χ3n) is 2.64. The predicted octanol–water partition coefficient (Wildman–Crippen LogP) is 2.50. The van der Waals surface area contributed by atoms with Crippen LogP contribution >= 0.6 is 11.6 Å². The molecule has 0 atom stereocenters. The van der Waals surface area contributed by atoms with Crippen molar-refractivity contribution < 1.29 is 18.7 Å². The molecule has 1 aromatic rings. The Bertz CT molecular complexity index is 479. The van der Waals surface area contributed by atoms with Crippen LogP contribution in [0.5, 0.6) is 0 Å². The summed E-state index contributed by atoms with van der Waals surface area (Å²) in [5, 5.41) is 0.286. The Balaban J connectivity index is 2.83. The van der Waals surface area contributed by atoms with Crippen molar-refractivity contribution in [3.63, 3.8) is 0 Å². The molecule has 19 heavy (non-hydrogen) atoms. The highest BCUT2D eigenvalue weighted by Gasteiger charge is 2.19. The van der Waals surface area contributed by atoms with Gasteiger partial charge in [-0.2, -0.15) is 0 Å². The third-order valence-corrected chi connectivity index (χ3v) is 2.88. The minimum absolute atomic E-state index is 0.0677. The van der Waals surface area contributed by atoms with Crippen molar-refractivity contribution in [2.24, 2.45) is 0 Å². The van der Waals surface area contributed by atoms with E-state index in [0.717, 1.165) is 6.07 Å². The largest absolute Gasteiger partial charge is 0.469 e. The molecule has 0 fully saturated rings. The second-order valence-electron chi connectivity index (χ2n) is 3.84. The summed E-state index contributed by atoms with van der Waals surface area (Å²) in [6, 6.07) is 3.79. The Hall–Kier alpha value is -1.62. The molecule has 0 unspecified atom stereocenters. The molecule has 0 aliphatic heterocycles. The fourth-order valence-electron chi connectivity index (χ4n) is 1.56. The highest BCUT2D eigenvalue weighted by Crippen LogP contribution is 2.17. The summed E-state index contributed by atoms with van der Waals surface area (Å²) in [6.07, 6.45) is 0.0677. The van der Waals surface area contributed by atoms with E-state index in [9.17, 15) is 14.0 Å². The van der Waals surface area contributed by atoms with Crippen LogP contribution in [-0.4, -0.2) is 37.0 Å². The van der Waals surface area contributed by atoms with Crippen LogP contribution in [0.3, 0.4) is 0 Å². The second-order valence-corrected chi connectivity index (χ2v) is 4.27. The summed E-state index contributed by atoms with van der Waals surface area (Å²) in [4.78, 5) is 24.5. The lowest BCUT2D eigenvalue weighted by molar-refractivity contribution is -0.140. The lowest BCUT2D eigenvalue weighted by Gasteiger charge is -2.20. The van der Waals surface area contributed by atoms with Gasteiger partial charge in [-0.15, -0.1) is 0 Å². The quantitative estimate of drug-likeness (QED) is 0.782. The molecule has 0 saturated heterocycles. The molecule has 0 spiro atoms. The van der Waals surface area contributed by atoms with E-state index in [4.69, 9.17) is 11.6 Å². The monoisotopic (exact) mass is 287 g/mol. The number of nitrogens with zero attached hydrogens (tertiary/aromatic N) is 1. The van der Waals surface area contributed by atoms with Crippen LogP contribution in [0, 0.1) is 5.82 Å². The van der Waals surface area contributed by atoms with Gasteiger partial charge in [-0.1, -0.05) is 11.6 Å². The lowest BCUT2D eigenvalue weighted by Crippen LogP contribution is -2.33. The normalized spacial score (nSPS) is 10.1. The Labute approximate surface area is 116 Å². The number of methoxy groups -OCH3 is 1. The number of hydrogen-bond donors (Lipinski definition) is 0. The number of esters is 1. The first-order chi connectivity index (χ1) is 8.99. The highest BCUT2D eigenvalue weighted by atomic mass is 35.5. The molecule has 0 heterocycles. The van der Waals surface area contributed by atoms with Crippen molar-refractivity contribution in [3.05, 3.63) is 34.6 Å². The molecule has 1 amide bonds. The van der Waals surface area contributed by atoms with Gasteiger partial charge in [0.05, 0.1) is 19.1 Å². The molecular weight excluding hydrogens is 273 g/mol. The topological polar surface area (TPSA) is 46.6 Å². The number of ether oxygens (including phenoxy) is 1. The third kappa shape index (κ3) is 4.21. The Morgan fingerprint density at radius 1 is 1.42 bits per heavy atom. The van der Waals surface area contributed by atoms with E-state index in [-0.39, 0.29) is 23.6 Å². The maximum absolute atomic E-state index is 13.6. The number of hydrogen-bond acceptors (Lipinski definition) is 3. The summed E-state index contributed by atoms with van der Waals surface area (Å²) in [7, 11) is 1.27. The fraction of sp³-hybridized carbons (Fsp3) is 0.385. The van der Waals surface area contributed by atoms with Crippen molar-refractivity contribution >= 4 is 23.5 Å². The molecular formula is C13H15ClFNO3. The van der Waals surface area contributed by atoms with Crippen molar-refractivity contribution in [1.29, 1.82) is 0 Å². The van der Waals surface area contributed by atoms with Gasteiger partial charge in [-0.3, -0.25) is 9.59 Å². The van der Waals surface area contributed by atoms with E-state index in [2.05, 4.69) is 4.74 Å². The standard InChI is InChI=1S/C13H15ClFNO3/c1-3-16(7-6-12(17)19-2)13(18)10-8-9(14)4-5-11(10)15/h4-5,8H,3,6-7H2,1-2H3. The van der Waals surface area contributed by atoms with E-state index in [1.807, 2.05) is 0 Å². The van der Waals surface area contributed by atoms with E-state index in [1.165, 1.54) is 24.1 Å². The highest BCUT2D eigenvalue weighted by molar-refractivity contribution is 6.31. The number of benzene rings is 1. The van der Waals surface area contributed by atoms with Gasteiger partial charge in [-0.25, -0.2) is 4.39 Å². The first-order valence-electron chi connectivity index (χ1n) is 5.80. The molecule has 0 N–H and O–H groups in total. The fourth-order valence-corrected chi connectivity index (χ4v) is 1.74. The first-order valence-corrected chi connectivity index (χ1v) is 6.18. The number of amides is 1. The molecule has 0 saturated carbocycles. The van der Waals surface area contributed by atoms with Gasteiger partial charge in [0.1, 0.15) is 5.82 Å². The van der Waals surface area contributed by atoms with Gasteiger partial charge in [0.25, 0.3) is 5.91 Å². The molecule has 1 rings (SSSR count). The van der Waals surface area contributed by atoms with Crippen LogP contribution in [0.2, 0.25) is 5.02 Å². The molecule has 0 radical (unpaired) electrons. The molecule has 0 bridgehead atoms. The number of rotatable bonds is 5. The number of carbonyl (C=O) groups is 2. The van der Waals surface area contributed by atoms with Crippen molar-refractivity contribution in [2.45, 2.75) is 13.3 Å². The number of carbonyl (C=O) groups excluding carboxylic acids is 2. The van der Waals surface area contributed by atoms with Crippen LogP contribution in [0.1, 0.15) is 23.7 Å². The summed E-state index contributed by atoms with van der Waals surface area (Å²) >= 11 is 5.75. The molecule has 0 aliphatic carbocycles. The summed E-state index contributed by atoms with van der Waals surface area (Å²) in [5.41, 5.74) is -0.0979. The molecule has 6 heteroatoms. The van der Waals surface area contributed by atoms with Crippen LogP contribution in [-0.2, 0) is 9.53 Å². The zero-order valence-corrected chi connectivity index (χ0v) is 11.5. The second kappa shape index (κ2) is 7.09. The average Bonchev–Trinajstić information content (AvgIpc) is 2.41. The molecule has 0 aromatic heterocycles. The van der Waals surface area contributed by atoms with Crippen LogP contribution in [0.25, 0.3) is 0 Å². The zero-order chi connectivity index (χ0) is 14.4. The maximum atomic E-state index is 13.6. The lowest BCUT2D eigenvalue weighted by atomic mass is 10.2. The number of halogens is 2. The van der Waals surface area contributed by atoms with Gasteiger partial charge >= 0.3 is 5.97 Å². The molecule has 1 aromatic carbocycles. The smallest absolute Gasteiger partial charge is 0.307 e. The van der Waals surface area contributed by atoms with Gasteiger partial charge < -0.3 is 9.64 Å².